The van der Waals surface area contributed by atoms with Gasteiger partial charge in [-0.2, -0.15) is 0 Å². The molecule has 4 rings (SSSR count). The van der Waals surface area contributed by atoms with Crippen LogP contribution in [-0.4, -0.2) is 39.6 Å². The van der Waals surface area contributed by atoms with Gasteiger partial charge in [-0.05, 0) is 37.2 Å². The number of nitrogens with one attached hydrogen (secondary N) is 2. The standard InChI is InChI=1S/C19H21N5O2/c1-24-12-23-16-8-13(2-3-17(16)24)19(25)22-9-14-4-6-21-11-18(14)26-15-5-7-20-10-15/h2-4,6,8,11-12,15,20H,5,7,9-10H2,1H3,(H,22,25)/t15-/m0/s1. The maximum absolute atomic E-state index is 12.5. The van der Waals surface area contributed by atoms with Crippen molar-refractivity contribution in [2.45, 2.75) is 19.1 Å². The van der Waals surface area contributed by atoms with Crippen molar-refractivity contribution in [3.63, 3.8) is 0 Å². The number of carbonyl (C=O) groups excluding carboxylic acids is 1. The van der Waals surface area contributed by atoms with Crippen molar-refractivity contribution in [3.05, 3.63) is 54.1 Å². The van der Waals surface area contributed by atoms with Gasteiger partial charge in [-0.25, -0.2) is 4.98 Å². The third-order valence-electron chi connectivity index (χ3n) is 4.61. The molecule has 1 saturated heterocycles. The molecule has 2 N–H and O–H groups in total. The number of ether oxygens (including phenoxy) is 1. The van der Waals surface area contributed by atoms with Crippen LogP contribution in [0.3, 0.4) is 0 Å². The third-order valence-corrected chi connectivity index (χ3v) is 4.61. The summed E-state index contributed by atoms with van der Waals surface area (Å²) in [7, 11) is 1.93. The molecule has 1 fully saturated rings. The Morgan fingerprint density at radius 2 is 2.35 bits per heavy atom. The molecule has 1 aromatic carbocycles. The molecule has 0 aliphatic carbocycles. The van der Waals surface area contributed by atoms with Gasteiger partial charge in [-0.1, -0.05) is 0 Å². The number of amides is 1. The van der Waals surface area contributed by atoms with Crippen LogP contribution in [0.25, 0.3) is 11.0 Å². The number of aryl methyl sites for hydroxylation is 1. The van der Waals surface area contributed by atoms with Gasteiger partial charge >= 0.3 is 0 Å². The number of benzene rings is 1. The average Bonchev–Trinajstić information content (AvgIpc) is 3.30. The monoisotopic (exact) mass is 351 g/mol. The van der Waals surface area contributed by atoms with E-state index in [4.69, 9.17) is 4.74 Å². The number of pyridine rings is 1. The first kappa shape index (κ1) is 16.5. The summed E-state index contributed by atoms with van der Waals surface area (Å²) in [6.45, 7) is 2.19. The molecule has 3 aromatic rings. The van der Waals surface area contributed by atoms with Crippen molar-refractivity contribution >= 4 is 16.9 Å². The molecule has 1 aliphatic heterocycles. The second-order valence-electron chi connectivity index (χ2n) is 6.46. The molecule has 1 amide bonds. The number of fused-ring (bicyclic) bond motifs is 1. The van der Waals surface area contributed by atoms with Gasteiger partial charge in [0.05, 0.1) is 23.6 Å². The number of nitrogens with zero attached hydrogens (tertiary/aromatic N) is 3. The van der Waals surface area contributed by atoms with Gasteiger partial charge in [-0.3, -0.25) is 9.78 Å². The highest BCUT2D eigenvalue weighted by molar-refractivity contribution is 5.97. The molecule has 7 nitrogen and oxygen atoms in total. The van der Waals surface area contributed by atoms with E-state index in [1.54, 1.807) is 24.8 Å². The van der Waals surface area contributed by atoms with E-state index in [-0.39, 0.29) is 12.0 Å². The summed E-state index contributed by atoms with van der Waals surface area (Å²) in [5, 5.41) is 6.23. The molecule has 1 atom stereocenters. The first-order valence-corrected chi connectivity index (χ1v) is 8.70. The Hall–Kier alpha value is -2.93. The van der Waals surface area contributed by atoms with Gasteiger partial charge in [0.15, 0.2) is 0 Å². The summed E-state index contributed by atoms with van der Waals surface area (Å²) in [5.74, 6) is 0.588. The van der Waals surface area contributed by atoms with E-state index in [0.717, 1.165) is 41.9 Å². The van der Waals surface area contributed by atoms with Gasteiger partial charge in [-0.15, -0.1) is 0 Å². The predicted molar refractivity (Wildman–Crippen MR) is 98.0 cm³/mol. The van der Waals surface area contributed by atoms with Crippen molar-refractivity contribution < 1.29 is 9.53 Å². The third kappa shape index (κ3) is 3.39. The van der Waals surface area contributed by atoms with Crippen LogP contribution in [0.15, 0.2) is 43.0 Å². The normalized spacial score (nSPS) is 16.7. The molecule has 0 bridgehead atoms. The molecule has 26 heavy (non-hydrogen) atoms. The first-order valence-electron chi connectivity index (χ1n) is 8.70. The molecule has 134 valence electrons. The molecule has 0 radical (unpaired) electrons. The maximum Gasteiger partial charge on any atom is 0.251 e. The lowest BCUT2D eigenvalue weighted by molar-refractivity contribution is 0.0950. The van der Waals surface area contributed by atoms with Gasteiger partial charge in [0.1, 0.15) is 11.9 Å². The van der Waals surface area contributed by atoms with E-state index in [2.05, 4.69) is 20.6 Å². The van der Waals surface area contributed by atoms with Gasteiger partial charge in [0.2, 0.25) is 0 Å². The molecule has 0 unspecified atom stereocenters. The van der Waals surface area contributed by atoms with E-state index >= 15 is 0 Å². The zero-order chi connectivity index (χ0) is 17.9. The van der Waals surface area contributed by atoms with Gasteiger partial charge < -0.3 is 19.9 Å². The van der Waals surface area contributed by atoms with Crippen LogP contribution in [0.1, 0.15) is 22.3 Å². The SMILES string of the molecule is Cn1cnc2cc(C(=O)NCc3ccncc3O[C@H]3CCNC3)ccc21. The minimum atomic E-state index is -0.136. The predicted octanol–water partition coefficient (Wildman–Crippen LogP) is 1.64. The number of aromatic nitrogens is 3. The molecule has 7 heteroatoms. The fraction of sp³-hybridized carbons (Fsp3) is 0.316. The lowest BCUT2D eigenvalue weighted by Crippen LogP contribution is -2.24. The van der Waals surface area contributed by atoms with Crippen LogP contribution >= 0.6 is 0 Å². The summed E-state index contributed by atoms with van der Waals surface area (Å²) < 4.78 is 7.94. The molecular weight excluding hydrogens is 330 g/mol. The summed E-state index contributed by atoms with van der Waals surface area (Å²) in [6.07, 6.45) is 6.29. The smallest absolute Gasteiger partial charge is 0.251 e. The average molecular weight is 351 g/mol. The number of carbonyl (C=O) groups is 1. The van der Waals surface area contributed by atoms with E-state index in [1.165, 1.54) is 0 Å². The second-order valence-corrected chi connectivity index (χ2v) is 6.46. The van der Waals surface area contributed by atoms with E-state index < -0.39 is 0 Å². The fourth-order valence-corrected chi connectivity index (χ4v) is 3.12. The van der Waals surface area contributed by atoms with Crippen molar-refractivity contribution in [2.75, 3.05) is 13.1 Å². The zero-order valence-electron chi connectivity index (χ0n) is 14.6. The van der Waals surface area contributed by atoms with Crippen LogP contribution in [0.4, 0.5) is 0 Å². The van der Waals surface area contributed by atoms with Crippen LogP contribution in [-0.2, 0) is 13.6 Å². The Balaban J connectivity index is 1.45. The fourth-order valence-electron chi connectivity index (χ4n) is 3.12. The Kier molecular flexibility index (Phi) is 4.53. The summed E-state index contributed by atoms with van der Waals surface area (Å²) in [6, 6.07) is 7.40. The number of imidazole rings is 1. The van der Waals surface area contributed by atoms with Crippen molar-refractivity contribution in [2.24, 2.45) is 7.05 Å². The van der Waals surface area contributed by atoms with Gasteiger partial charge in [0, 0.05) is 37.5 Å². The van der Waals surface area contributed by atoms with Crippen LogP contribution in [0.2, 0.25) is 0 Å². The van der Waals surface area contributed by atoms with Crippen molar-refractivity contribution in [1.29, 1.82) is 0 Å². The topological polar surface area (TPSA) is 81.1 Å². The zero-order valence-corrected chi connectivity index (χ0v) is 14.6. The Labute approximate surface area is 151 Å². The minimum absolute atomic E-state index is 0.136. The second kappa shape index (κ2) is 7.13. The molecular formula is C19H21N5O2. The van der Waals surface area contributed by atoms with Crippen molar-refractivity contribution in [1.82, 2.24) is 25.2 Å². The molecule has 2 aromatic heterocycles. The highest BCUT2D eigenvalue weighted by Gasteiger charge is 2.18. The van der Waals surface area contributed by atoms with Crippen LogP contribution < -0.4 is 15.4 Å². The largest absolute Gasteiger partial charge is 0.487 e. The number of rotatable bonds is 5. The Morgan fingerprint density at radius 3 is 3.19 bits per heavy atom. The molecule has 0 spiro atoms. The highest BCUT2D eigenvalue weighted by Crippen LogP contribution is 2.20. The molecule has 1 aliphatic rings. The maximum atomic E-state index is 12.5. The quantitative estimate of drug-likeness (QED) is 0.730. The first-order chi connectivity index (χ1) is 12.7. The minimum Gasteiger partial charge on any atom is -0.487 e. The lowest BCUT2D eigenvalue weighted by Gasteiger charge is -2.16. The number of hydrogen-bond donors (Lipinski definition) is 2. The number of hydrogen-bond acceptors (Lipinski definition) is 5. The molecule has 3 heterocycles. The van der Waals surface area contributed by atoms with E-state index in [1.807, 2.05) is 29.8 Å². The Morgan fingerprint density at radius 1 is 1.42 bits per heavy atom. The van der Waals surface area contributed by atoms with E-state index in [9.17, 15) is 4.79 Å². The highest BCUT2D eigenvalue weighted by atomic mass is 16.5. The summed E-state index contributed by atoms with van der Waals surface area (Å²) in [4.78, 5) is 21.0. The van der Waals surface area contributed by atoms with Gasteiger partial charge in [0.25, 0.3) is 5.91 Å². The van der Waals surface area contributed by atoms with Crippen molar-refractivity contribution in [3.8, 4) is 5.75 Å². The Bertz CT molecular complexity index is 931. The van der Waals surface area contributed by atoms with Crippen LogP contribution in [0, 0.1) is 0 Å². The summed E-state index contributed by atoms with van der Waals surface area (Å²) >= 11 is 0. The molecule has 0 saturated carbocycles. The van der Waals surface area contributed by atoms with E-state index in [0.29, 0.717) is 12.1 Å². The van der Waals surface area contributed by atoms with Crippen LogP contribution in [0.5, 0.6) is 5.75 Å². The summed E-state index contributed by atoms with van der Waals surface area (Å²) in [5.41, 5.74) is 3.31. The lowest BCUT2D eigenvalue weighted by atomic mass is 10.1.